The summed E-state index contributed by atoms with van der Waals surface area (Å²) < 4.78 is 12.2. The maximum Gasteiger partial charge on any atom is 0.191 e. The molecule has 7 heteroatoms. The Morgan fingerprint density at radius 1 is 1.36 bits per heavy atom. The van der Waals surface area contributed by atoms with E-state index in [-0.39, 0.29) is 0 Å². The molecule has 0 bridgehead atoms. The van der Waals surface area contributed by atoms with E-state index in [1.807, 2.05) is 24.3 Å². The Kier molecular flexibility index (Phi) is 9.07. The zero-order chi connectivity index (χ0) is 17.9. The van der Waals surface area contributed by atoms with Crippen molar-refractivity contribution in [2.75, 3.05) is 52.5 Å². The van der Waals surface area contributed by atoms with Crippen molar-refractivity contribution in [2.24, 2.45) is 4.99 Å². The second-order valence-corrected chi connectivity index (χ2v) is 6.87. The molecular formula is C18H29BrN4O2. The van der Waals surface area contributed by atoms with Crippen LogP contribution in [0.3, 0.4) is 0 Å². The number of nitrogens with zero attached hydrogens (tertiary/aromatic N) is 2. The van der Waals surface area contributed by atoms with Crippen LogP contribution in [0.25, 0.3) is 0 Å². The molecule has 25 heavy (non-hydrogen) atoms. The molecule has 1 fully saturated rings. The number of nitrogens with one attached hydrogen (secondary N) is 2. The number of hydrogen-bond acceptors (Lipinski definition) is 4. The number of rotatable bonds is 8. The zero-order valence-corrected chi connectivity index (χ0v) is 16.7. The lowest BCUT2D eigenvalue weighted by Gasteiger charge is -2.31. The lowest BCUT2D eigenvalue weighted by Crippen LogP contribution is -2.44. The summed E-state index contributed by atoms with van der Waals surface area (Å²) in [5.41, 5.74) is 0. The van der Waals surface area contributed by atoms with E-state index in [0.29, 0.717) is 19.2 Å². The van der Waals surface area contributed by atoms with Gasteiger partial charge in [0.15, 0.2) is 5.96 Å². The molecule has 140 valence electrons. The molecule has 0 saturated carbocycles. The van der Waals surface area contributed by atoms with E-state index in [0.717, 1.165) is 55.6 Å². The molecule has 0 aliphatic carbocycles. The van der Waals surface area contributed by atoms with Gasteiger partial charge in [-0.05, 0) is 32.0 Å². The van der Waals surface area contributed by atoms with Crippen LogP contribution >= 0.6 is 15.9 Å². The minimum atomic E-state index is 0.414. The summed E-state index contributed by atoms with van der Waals surface area (Å²) in [6.45, 7) is 10.8. The highest BCUT2D eigenvalue weighted by Crippen LogP contribution is 2.17. The lowest BCUT2D eigenvalue weighted by molar-refractivity contribution is 0.0220. The highest BCUT2D eigenvalue weighted by Gasteiger charge is 2.16. The van der Waals surface area contributed by atoms with Crippen LogP contribution in [0, 0.1) is 0 Å². The van der Waals surface area contributed by atoms with E-state index in [4.69, 9.17) is 14.5 Å². The smallest absolute Gasteiger partial charge is 0.191 e. The number of benzene rings is 1. The average Bonchev–Trinajstić information content (AvgIpc) is 2.63. The number of hydrogen-bond donors (Lipinski definition) is 2. The zero-order valence-electron chi connectivity index (χ0n) is 15.1. The number of guanidine groups is 1. The van der Waals surface area contributed by atoms with Crippen molar-refractivity contribution in [3.05, 3.63) is 28.7 Å². The third-order valence-electron chi connectivity index (χ3n) is 3.99. The fourth-order valence-corrected chi connectivity index (χ4v) is 2.97. The molecule has 0 amide bonds. The minimum Gasteiger partial charge on any atom is -0.492 e. The van der Waals surface area contributed by atoms with Crippen molar-refractivity contribution >= 4 is 21.9 Å². The lowest BCUT2D eigenvalue weighted by atomic mass is 10.2. The SMILES string of the molecule is CCNC(=NCC(C)N1CCOCC1)NCCOc1cccc(Br)c1. The predicted molar refractivity (Wildman–Crippen MR) is 105 cm³/mol. The molecule has 0 spiro atoms. The average molecular weight is 413 g/mol. The standard InChI is InChI=1S/C18H29BrN4O2/c1-3-20-18(22-14-15(2)23-8-11-24-12-9-23)21-7-10-25-17-6-4-5-16(19)13-17/h4-6,13,15H,3,7-12,14H2,1-2H3,(H2,20,21,22). The third kappa shape index (κ3) is 7.63. The van der Waals surface area contributed by atoms with Gasteiger partial charge in [-0.15, -0.1) is 0 Å². The van der Waals surface area contributed by atoms with Crippen LogP contribution in [0.2, 0.25) is 0 Å². The largest absolute Gasteiger partial charge is 0.492 e. The quantitative estimate of drug-likeness (QED) is 0.389. The Labute approximate surface area is 159 Å². The van der Waals surface area contributed by atoms with Crippen LogP contribution in [0.5, 0.6) is 5.75 Å². The summed E-state index contributed by atoms with van der Waals surface area (Å²) in [5, 5.41) is 6.60. The van der Waals surface area contributed by atoms with Gasteiger partial charge in [0.1, 0.15) is 12.4 Å². The van der Waals surface area contributed by atoms with Gasteiger partial charge in [0, 0.05) is 30.1 Å². The molecule has 1 unspecified atom stereocenters. The molecule has 6 nitrogen and oxygen atoms in total. The normalized spacial score (nSPS) is 17.2. The van der Waals surface area contributed by atoms with Crippen LogP contribution < -0.4 is 15.4 Å². The Hall–Kier alpha value is -1.31. The van der Waals surface area contributed by atoms with Crippen LogP contribution in [0.1, 0.15) is 13.8 Å². The highest BCUT2D eigenvalue weighted by molar-refractivity contribution is 9.10. The van der Waals surface area contributed by atoms with Gasteiger partial charge >= 0.3 is 0 Å². The van der Waals surface area contributed by atoms with Gasteiger partial charge in [0.05, 0.1) is 26.3 Å². The molecule has 1 aromatic carbocycles. The van der Waals surface area contributed by atoms with Gasteiger partial charge in [-0.3, -0.25) is 9.89 Å². The number of aliphatic imine (C=N–C) groups is 1. The molecule has 0 radical (unpaired) electrons. The second-order valence-electron chi connectivity index (χ2n) is 5.95. The number of ether oxygens (including phenoxy) is 2. The van der Waals surface area contributed by atoms with E-state index in [1.165, 1.54) is 0 Å². The number of halogens is 1. The Bertz CT molecular complexity index is 536. The van der Waals surface area contributed by atoms with E-state index < -0.39 is 0 Å². The van der Waals surface area contributed by atoms with Crippen LogP contribution in [0.15, 0.2) is 33.7 Å². The van der Waals surface area contributed by atoms with E-state index in [9.17, 15) is 0 Å². The summed E-state index contributed by atoms with van der Waals surface area (Å²) in [4.78, 5) is 7.12. The van der Waals surface area contributed by atoms with E-state index in [1.54, 1.807) is 0 Å². The van der Waals surface area contributed by atoms with E-state index >= 15 is 0 Å². The van der Waals surface area contributed by atoms with Crippen LogP contribution in [0.4, 0.5) is 0 Å². The Balaban J connectivity index is 1.73. The summed E-state index contributed by atoms with van der Waals surface area (Å²) in [6, 6.07) is 8.27. The molecule has 1 saturated heterocycles. The minimum absolute atomic E-state index is 0.414. The molecular weight excluding hydrogens is 384 g/mol. The van der Waals surface area contributed by atoms with Gasteiger partial charge in [-0.2, -0.15) is 0 Å². The fraction of sp³-hybridized carbons (Fsp3) is 0.611. The fourth-order valence-electron chi connectivity index (χ4n) is 2.59. The van der Waals surface area contributed by atoms with E-state index in [2.05, 4.69) is 45.3 Å². The Morgan fingerprint density at radius 2 is 2.16 bits per heavy atom. The molecule has 1 heterocycles. The van der Waals surface area contributed by atoms with Gasteiger partial charge in [-0.1, -0.05) is 22.0 Å². The van der Waals surface area contributed by atoms with Crippen LogP contribution in [-0.2, 0) is 4.74 Å². The molecule has 2 rings (SSSR count). The Morgan fingerprint density at radius 3 is 2.88 bits per heavy atom. The first kappa shape index (κ1) is 20.0. The maximum atomic E-state index is 5.74. The topological polar surface area (TPSA) is 58.1 Å². The van der Waals surface area contributed by atoms with Crippen molar-refractivity contribution in [1.82, 2.24) is 15.5 Å². The van der Waals surface area contributed by atoms with Crippen molar-refractivity contribution in [1.29, 1.82) is 0 Å². The summed E-state index contributed by atoms with van der Waals surface area (Å²) in [6.07, 6.45) is 0. The summed E-state index contributed by atoms with van der Waals surface area (Å²) in [7, 11) is 0. The number of morpholine rings is 1. The van der Waals surface area contributed by atoms with Crippen LogP contribution in [-0.4, -0.2) is 69.4 Å². The van der Waals surface area contributed by atoms with Gasteiger partial charge in [-0.25, -0.2) is 0 Å². The first-order valence-corrected chi connectivity index (χ1v) is 9.70. The van der Waals surface area contributed by atoms with Crippen molar-refractivity contribution in [2.45, 2.75) is 19.9 Å². The molecule has 1 aliphatic rings. The third-order valence-corrected chi connectivity index (χ3v) is 4.48. The van der Waals surface area contributed by atoms with Crippen molar-refractivity contribution in [3.8, 4) is 5.75 Å². The first-order valence-electron chi connectivity index (χ1n) is 8.91. The maximum absolute atomic E-state index is 5.74. The molecule has 1 aromatic rings. The second kappa shape index (κ2) is 11.3. The first-order chi connectivity index (χ1) is 12.2. The van der Waals surface area contributed by atoms with Crippen molar-refractivity contribution < 1.29 is 9.47 Å². The summed E-state index contributed by atoms with van der Waals surface area (Å²) in [5.74, 6) is 1.69. The monoisotopic (exact) mass is 412 g/mol. The van der Waals surface area contributed by atoms with Crippen molar-refractivity contribution in [3.63, 3.8) is 0 Å². The predicted octanol–water partition coefficient (Wildman–Crippen LogP) is 2.10. The molecule has 0 aromatic heterocycles. The highest BCUT2D eigenvalue weighted by atomic mass is 79.9. The molecule has 1 atom stereocenters. The van der Waals surface area contributed by atoms with Gasteiger partial charge in [0.25, 0.3) is 0 Å². The molecule has 2 N–H and O–H groups in total. The summed E-state index contributed by atoms with van der Waals surface area (Å²) >= 11 is 3.45. The molecule has 1 aliphatic heterocycles. The van der Waals surface area contributed by atoms with Gasteiger partial charge in [0.2, 0.25) is 0 Å². The van der Waals surface area contributed by atoms with Gasteiger partial charge < -0.3 is 20.1 Å².